The Bertz CT molecular complexity index is 915. The second kappa shape index (κ2) is 9.53. The molecule has 0 spiro atoms. The van der Waals surface area contributed by atoms with Crippen LogP contribution in [0, 0.1) is 5.92 Å². The number of likely N-dealkylation sites (N-methyl/N-ethyl adjacent to an activating group) is 1. The highest BCUT2D eigenvalue weighted by molar-refractivity contribution is 6.30. The Kier molecular flexibility index (Phi) is 7.04. The van der Waals surface area contributed by atoms with Crippen molar-refractivity contribution in [2.75, 3.05) is 13.6 Å². The number of carbonyl (C=O) groups is 2. The molecule has 1 aromatic carbocycles. The monoisotopic (exact) mass is 439 g/mol. The lowest BCUT2D eigenvalue weighted by Crippen LogP contribution is -2.43. The lowest BCUT2D eigenvalue weighted by molar-refractivity contribution is -0.111. The number of nitrogens with two attached hydrogens (primary N) is 1. The van der Waals surface area contributed by atoms with Gasteiger partial charge in [-0.3, -0.25) is 19.2 Å². The van der Waals surface area contributed by atoms with Crippen LogP contribution in [-0.2, 0) is 17.9 Å². The summed E-state index contributed by atoms with van der Waals surface area (Å²) in [5.41, 5.74) is 8.37. The maximum absolute atomic E-state index is 11.8. The number of primary amides is 1. The quantitative estimate of drug-likeness (QED) is 0.700. The van der Waals surface area contributed by atoms with Crippen molar-refractivity contribution in [3.63, 3.8) is 0 Å². The van der Waals surface area contributed by atoms with Crippen molar-refractivity contribution in [1.29, 1.82) is 0 Å². The van der Waals surface area contributed by atoms with Crippen molar-refractivity contribution in [2.24, 2.45) is 11.7 Å². The van der Waals surface area contributed by atoms with Gasteiger partial charge in [-0.25, -0.2) is 8.78 Å². The van der Waals surface area contributed by atoms with E-state index in [2.05, 4.69) is 15.3 Å². The number of benzene rings is 1. The van der Waals surface area contributed by atoms with E-state index < -0.39 is 18.3 Å². The van der Waals surface area contributed by atoms with E-state index >= 15 is 0 Å². The predicted molar refractivity (Wildman–Crippen MR) is 109 cm³/mol. The van der Waals surface area contributed by atoms with E-state index in [9.17, 15) is 18.4 Å². The third-order valence-electron chi connectivity index (χ3n) is 5.35. The molecule has 2 aliphatic rings. The maximum atomic E-state index is 11.8. The summed E-state index contributed by atoms with van der Waals surface area (Å²) in [5.74, 6) is -0.936. The number of fused-ring (bicyclic) bond motifs is 1. The van der Waals surface area contributed by atoms with Crippen LogP contribution in [0.3, 0.4) is 0 Å². The van der Waals surface area contributed by atoms with Gasteiger partial charge in [0.2, 0.25) is 12.8 Å². The molecule has 0 bridgehead atoms. The molecule has 0 unspecified atom stereocenters. The molecule has 0 atom stereocenters. The van der Waals surface area contributed by atoms with Gasteiger partial charge in [-0.1, -0.05) is 23.7 Å². The fourth-order valence-corrected chi connectivity index (χ4v) is 3.83. The Morgan fingerprint density at radius 1 is 1.37 bits per heavy atom. The van der Waals surface area contributed by atoms with Gasteiger partial charge in [-0.15, -0.1) is 0 Å². The van der Waals surface area contributed by atoms with E-state index in [1.165, 1.54) is 0 Å². The summed E-state index contributed by atoms with van der Waals surface area (Å²) in [6.07, 6.45) is -0.802. The highest BCUT2D eigenvalue weighted by atomic mass is 35.5. The van der Waals surface area contributed by atoms with E-state index in [1.807, 2.05) is 23.9 Å². The average molecular weight is 440 g/mol. The highest BCUT2D eigenvalue weighted by Crippen LogP contribution is 2.32. The number of hydrogen-bond donors (Lipinski definition) is 2. The first-order chi connectivity index (χ1) is 14.3. The first kappa shape index (κ1) is 22.2. The number of halogens is 3. The van der Waals surface area contributed by atoms with Crippen molar-refractivity contribution in [1.82, 2.24) is 20.0 Å². The largest absolute Gasteiger partial charge is 0.365 e. The van der Waals surface area contributed by atoms with Crippen LogP contribution in [0.15, 0.2) is 24.3 Å². The Morgan fingerprint density at radius 2 is 2.10 bits per heavy atom. The van der Waals surface area contributed by atoms with Gasteiger partial charge in [-0.2, -0.15) is 5.10 Å². The molecule has 10 heteroatoms. The Hall–Kier alpha value is -2.52. The average Bonchev–Trinajstić information content (AvgIpc) is 3.03. The number of alkyl halides is 2. The summed E-state index contributed by atoms with van der Waals surface area (Å²) < 4.78 is 25.4. The SMILES string of the molecule is CN1CCn2nc(-c3cccc(Cl)c3)c(C(N)=O)c2C1.O=CNC1CC(C(F)F)C1. The lowest BCUT2D eigenvalue weighted by atomic mass is 9.81. The number of rotatable bonds is 5. The number of amides is 2. The van der Waals surface area contributed by atoms with Crippen molar-refractivity contribution < 1.29 is 18.4 Å². The summed E-state index contributed by atoms with van der Waals surface area (Å²) in [6.45, 7) is 2.33. The number of nitrogens with zero attached hydrogens (tertiary/aromatic N) is 3. The zero-order valence-electron chi connectivity index (χ0n) is 16.5. The van der Waals surface area contributed by atoms with Crippen molar-refractivity contribution in [2.45, 2.75) is 38.4 Å². The molecule has 0 saturated heterocycles. The van der Waals surface area contributed by atoms with E-state index in [1.54, 1.807) is 12.1 Å². The van der Waals surface area contributed by atoms with Crippen LogP contribution in [0.1, 0.15) is 28.9 Å². The standard InChI is InChI=1S/C14H15ClN4O.C6H9F2NO/c1-18-5-6-19-11(8-18)12(14(16)20)13(17-19)9-3-2-4-10(15)7-9;7-6(8)4-1-5(2-4)9-3-10/h2-4,7H,5-6,8H2,1H3,(H2,16,20);3-6H,1-2H2,(H,9,10). The van der Waals surface area contributed by atoms with Crippen LogP contribution in [0.5, 0.6) is 0 Å². The molecule has 2 amide bonds. The summed E-state index contributed by atoms with van der Waals surface area (Å²) in [5, 5.41) is 7.61. The molecule has 3 N–H and O–H groups in total. The molecular formula is C20H24ClF2N5O2. The van der Waals surface area contributed by atoms with Crippen LogP contribution in [0.25, 0.3) is 11.3 Å². The van der Waals surface area contributed by atoms with Crippen molar-refractivity contribution in [3.8, 4) is 11.3 Å². The molecule has 0 radical (unpaired) electrons. The molecule has 2 heterocycles. The van der Waals surface area contributed by atoms with Crippen LogP contribution >= 0.6 is 11.6 Å². The zero-order chi connectivity index (χ0) is 21.8. The van der Waals surface area contributed by atoms with Crippen molar-refractivity contribution in [3.05, 3.63) is 40.5 Å². The van der Waals surface area contributed by atoms with E-state index in [4.69, 9.17) is 17.3 Å². The van der Waals surface area contributed by atoms with Crippen molar-refractivity contribution >= 4 is 23.9 Å². The summed E-state index contributed by atoms with van der Waals surface area (Å²) in [4.78, 5) is 23.8. The first-order valence-corrected chi connectivity index (χ1v) is 9.99. The van der Waals surface area contributed by atoms with Gasteiger partial charge in [0.05, 0.1) is 17.8 Å². The van der Waals surface area contributed by atoms with Crippen LogP contribution in [0.2, 0.25) is 5.02 Å². The molecule has 1 saturated carbocycles. The van der Waals surface area contributed by atoms with E-state index in [0.29, 0.717) is 42.1 Å². The molecule has 162 valence electrons. The maximum Gasteiger partial charge on any atom is 0.252 e. The summed E-state index contributed by atoms with van der Waals surface area (Å²) >= 11 is 6.02. The first-order valence-electron chi connectivity index (χ1n) is 9.62. The van der Waals surface area contributed by atoms with Gasteiger partial charge < -0.3 is 11.1 Å². The third kappa shape index (κ3) is 4.96. The molecule has 4 rings (SSSR count). The minimum Gasteiger partial charge on any atom is -0.365 e. The van der Waals surface area contributed by atoms with Crippen LogP contribution in [-0.4, -0.2) is 53.1 Å². The smallest absolute Gasteiger partial charge is 0.252 e. The topological polar surface area (TPSA) is 93.2 Å². The number of nitrogens with one attached hydrogen (secondary N) is 1. The third-order valence-corrected chi connectivity index (χ3v) is 5.59. The molecule has 1 aliphatic carbocycles. The molecule has 1 aliphatic heterocycles. The Balaban J connectivity index is 0.000000216. The minimum atomic E-state index is -2.22. The number of aromatic nitrogens is 2. The normalized spacial score (nSPS) is 20.6. The minimum absolute atomic E-state index is 0.00324. The van der Waals surface area contributed by atoms with E-state index in [0.717, 1.165) is 24.3 Å². The van der Waals surface area contributed by atoms with Gasteiger partial charge in [-0.05, 0) is 32.0 Å². The van der Waals surface area contributed by atoms with Gasteiger partial charge in [0.1, 0.15) is 5.69 Å². The van der Waals surface area contributed by atoms with Crippen LogP contribution < -0.4 is 11.1 Å². The summed E-state index contributed by atoms with van der Waals surface area (Å²) in [6, 6.07) is 7.31. The second-order valence-electron chi connectivity index (χ2n) is 7.55. The number of carbonyl (C=O) groups excluding carboxylic acids is 2. The fourth-order valence-electron chi connectivity index (χ4n) is 3.64. The molecule has 1 aromatic heterocycles. The van der Waals surface area contributed by atoms with Gasteiger partial charge in [0.25, 0.3) is 5.91 Å². The molecule has 30 heavy (non-hydrogen) atoms. The van der Waals surface area contributed by atoms with Crippen LogP contribution in [0.4, 0.5) is 8.78 Å². The number of hydrogen-bond acceptors (Lipinski definition) is 4. The molecule has 2 aromatic rings. The Morgan fingerprint density at radius 3 is 2.70 bits per heavy atom. The van der Waals surface area contributed by atoms with Gasteiger partial charge in [0, 0.05) is 35.6 Å². The highest BCUT2D eigenvalue weighted by Gasteiger charge is 2.35. The molecular weight excluding hydrogens is 416 g/mol. The van der Waals surface area contributed by atoms with E-state index in [-0.39, 0.29) is 6.04 Å². The second-order valence-corrected chi connectivity index (χ2v) is 7.99. The predicted octanol–water partition coefficient (Wildman–Crippen LogP) is 2.52. The van der Waals surface area contributed by atoms with Gasteiger partial charge >= 0.3 is 0 Å². The molecule has 1 fully saturated rings. The van der Waals surface area contributed by atoms with Gasteiger partial charge in [0.15, 0.2) is 0 Å². The lowest BCUT2D eigenvalue weighted by Gasteiger charge is -2.33. The summed E-state index contributed by atoms with van der Waals surface area (Å²) in [7, 11) is 2.01. The Labute approximate surface area is 178 Å². The zero-order valence-corrected chi connectivity index (χ0v) is 17.3. The molecule has 7 nitrogen and oxygen atoms in total. The fraction of sp³-hybridized carbons (Fsp3) is 0.450.